The van der Waals surface area contributed by atoms with Gasteiger partial charge in [-0.25, -0.2) is 8.42 Å². The van der Waals surface area contributed by atoms with Crippen LogP contribution in [-0.4, -0.2) is 40.0 Å². The summed E-state index contributed by atoms with van der Waals surface area (Å²) in [4.78, 5) is 0.257. The molecule has 0 atom stereocenters. The van der Waals surface area contributed by atoms with Crippen LogP contribution in [0.4, 0.5) is 0 Å². The summed E-state index contributed by atoms with van der Waals surface area (Å²) in [6.45, 7) is 1.19. The number of hydrogen-bond acceptors (Lipinski definition) is 4. The molecule has 0 saturated carbocycles. The lowest BCUT2D eigenvalue weighted by molar-refractivity contribution is 0.344. The highest BCUT2D eigenvalue weighted by Gasteiger charge is 2.26. The fraction of sp³-hybridized carbons (Fsp3) is 0.538. The van der Waals surface area contributed by atoms with Gasteiger partial charge in [0.15, 0.2) is 11.5 Å². The van der Waals surface area contributed by atoms with E-state index >= 15 is 0 Å². The first kappa shape index (κ1) is 14.1. The van der Waals surface area contributed by atoms with Gasteiger partial charge in [-0.15, -0.1) is 0 Å². The van der Waals surface area contributed by atoms with Crippen molar-refractivity contribution in [3.05, 3.63) is 18.2 Å². The Morgan fingerprint density at radius 3 is 2.21 bits per heavy atom. The van der Waals surface area contributed by atoms with Crippen LogP contribution in [0.25, 0.3) is 0 Å². The van der Waals surface area contributed by atoms with Crippen LogP contribution in [0.3, 0.4) is 0 Å². The average molecular weight is 285 g/mol. The molecule has 6 heteroatoms. The van der Waals surface area contributed by atoms with E-state index in [9.17, 15) is 8.42 Å². The molecule has 0 amide bonds. The number of methoxy groups -OCH3 is 2. The third-order valence-corrected chi connectivity index (χ3v) is 5.20. The Morgan fingerprint density at radius 1 is 1.00 bits per heavy atom. The first-order valence-corrected chi connectivity index (χ1v) is 7.76. The predicted octanol–water partition coefficient (Wildman–Crippen LogP) is 1.88. The smallest absolute Gasteiger partial charge is 0.243 e. The molecule has 1 aliphatic heterocycles. The van der Waals surface area contributed by atoms with Gasteiger partial charge >= 0.3 is 0 Å². The summed E-state index contributed by atoms with van der Waals surface area (Å²) in [5.74, 6) is 0.959. The van der Waals surface area contributed by atoms with Gasteiger partial charge in [-0.1, -0.05) is 6.42 Å². The standard InChI is InChI=1S/C13H19NO4S/c1-17-12-7-6-11(10-13(12)18-2)19(15,16)14-8-4-3-5-9-14/h6-7,10H,3-5,8-9H2,1-2H3. The van der Waals surface area contributed by atoms with Crippen LogP contribution in [0, 0.1) is 0 Å². The minimum atomic E-state index is -3.42. The highest BCUT2D eigenvalue weighted by molar-refractivity contribution is 7.89. The third-order valence-electron chi connectivity index (χ3n) is 3.31. The van der Waals surface area contributed by atoms with Gasteiger partial charge in [0.2, 0.25) is 10.0 Å². The molecular formula is C13H19NO4S. The van der Waals surface area contributed by atoms with Gasteiger partial charge in [0.25, 0.3) is 0 Å². The van der Waals surface area contributed by atoms with E-state index in [1.807, 2.05) is 0 Å². The molecule has 1 fully saturated rings. The summed E-state index contributed by atoms with van der Waals surface area (Å²) in [6, 6.07) is 4.70. The molecule has 0 aromatic heterocycles. The van der Waals surface area contributed by atoms with Crippen molar-refractivity contribution < 1.29 is 17.9 Å². The van der Waals surface area contributed by atoms with Crippen LogP contribution in [0.15, 0.2) is 23.1 Å². The van der Waals surface area contributed by atoms with E-state index in [1.165, 1.54) is 24.6 Å². The zero-order valence-electron chi connectivity index (χ0n) is 11.3. The maximum Gasteiger partial charge on any atom is 0.243 e. The molecule has 1 aliphatic rings. The molecule has 2 rings (SSSR count). The van der Waals surface area contributed by atoms with Crippen LogP contribution in [0.2, 0.25) is 0 Å². The zero-order chi connectivity index (χ0) is 13.9. The van der Waals surface area contributed by atoms with E-state index in [-0.39, 0.29) is 4.90 Å². The lowest BCUT2D eigenvalue weighted by Crippen LogP contribution is -2.35. The second-order valence-electron chi connectivity index (χ2n) is 4.48. The van der Waals surface area contributed by atoms with Gasteiger partial charge in [0.1, 0.15) is 0 Å². The monoisotopic (exact) mass is 285 g/mol. The summed E-state index contributed by atoms with van der Waals surface area (Å²) in [5, 5.41) is 0. The molecule has 0 aliphatic carbocycles. The number of nitrogens with zero attached hydrogens (tertiary/aromatic N) is 1. The summed E-state index contributed by atoms with van der Waals surface area (Å²) < 4.78 is 36.8. The Hall–Kier alpha value is -1.27. The largest absolute Gasteiger partial charge is 0.493 e. The lowest BCUT2D eigenvalue weighted by atomic mass is 10.2. The summed E-state index contributed by atoms with van der Waals surface area (Å²) >= 11 is 0. The summed E-state index contributed by atoms with van der Waals surface area (Å²) in [5.41, 5.74) is 0. The molecule has 5 nitrogen and oxygen atoms in total. The van der Waals surface area contributed by atoms with E-state index in [2.05, 4.69) is 0 Å². The van der Waals surface area contributed by atoms with Crippen molar-refractivity contribution in [3.63, 3.8) is 0 Å². The first-order chi connectivity index (χ1) is 9.09. The normalized spacial score (nSPS) is 17.2. The molecule has 0 N–H and O–H groups in total. The molecule has 0 unspecified atom stereocenters. The van der Waals surface area contributed by atoms with Gasteiger partial charge in [-0.3, -0.25) is 0 Å². The van der Waals surface area contributed by atoms with Crippen molar-refractivity contribution in [2.75, 3.05) is 27.3 Å². The van der Waals surface area contributed by atoms with Crippen molar-refractivity contribution in [2.45, 2.75) is 24.2 Å². The zero-order valence-corrected chi connectivity index (χ0v) is 12.1. The van der Waals surface area contributed by atoms with E-state index < -0.39 is 10.0 Å². The highest BCUT2D eigenvalue weighted by Crippen LogP contribution is 2.31. The Morgan fingerprint density at radius 2 is 1.63 bits per heavy atom. The highest BCUT2D eigenvalue weighted by atomic mass is 32.2. The van der Waals surface area contributed by atoms with Crippen LogP contribution >= 0.6 is 0 Å². The molecule has 1 aromatic rings. The fourth-order valence-corrected chi connectivity index (χ4v) is 3.76. The Kier molecular flexibility index (Phi) is 4.31. The van der Waals surface area contributed by atoms with E-state index in [1.54, 1.807) is 12.1 Å². The average Bonchev–Trinajstić information content (AvgIpc) is 2.47. The van der Waals surface area contributed by atoms with E-state index in [4.69, 9.17) is 9.47 Å². The maximum absolute atomic E-state index is 12.5. The quantitative estimate of drug-likeness (QED) is 0.847. The molecule has 1 saturated heterocycles. The Bertz CT molecular complexity index is 536. The van der Waals surface area contributed by atoms with Crippen molar-refractivity contribution in [2.24, 2.45) is 0 Å². The second-order valence-corrected chi connectivity index (χ2v) is 6.42. The molecule has 0 radical (unpaired) electrons. The number of hydrogen-bond donors (Lipinski definition) is 0. The van der Waals surface area contributed by atoms with Gasteiger partial charge < -0.3 is 9.47 Å². The molecule has 1 aromatic carbocycles. The molecule has 0 spiro atoms. The Balaban J connectivity index is 2.34. The van der Waals surface area contributed by atoms with Crippen molar-refractivity contribution in [1.82, 2.24) is 4.31 Å². The molecule has 0 bridgehead atoms. The SMILES string of the molecule is COc1ccc(S(=O)(=O)N2CCCCC2)cc1OC. The van der Waals surface area contributed by atoms with Crippen molar-refractivity contribution in [3.8, 4) is 11.5 Å². The van der Waals surface area contributed by atoms with Crippen LogP contribution in [-0.2, 0) is 10.0 Å². The Labute approximate surface area is 114 Å². The molecule has 1 heterocycles. The van der Waals surface area contributed by atoms with Gasteiger partial charge in [-0.05, 0) is 25.0 Å². The first-order valence-electron chi connectivity index (χ1n) is 6.32. The minimum absolute atomic E-state index is 0.257. The van der Waals surface area contributed by atoms with E-state index in [0.717, 1.165) is 19.3 Å². The van der Waals surface area contributed by atoms with Gasteiger partial charge in [-0.2, -0.15) is 4.31 Å². The van der Waals surface area contributed by atoms with E-state index in [0.29, 0.717) is 24.6 Å². The fourth-order valence-electron chi connectivity index (χ4n) is 2.23. The molecule has 106 valence electrons. The molecular weight excluding hydrogens is 266 g/mol. The summed E-state index contributed by atoms with van der Waals surface area (Å²) in [6.07, 6.45) is 2.94. The minimum Gasteiger partial charge on any atom is -0.493 e. The topological polar surface area (TPSA) is 55.8 Å². The maximum atomic E-state index is 12.5. The van der Waals surface area contributed by atoms with Crippen molar-refractivity contribution >= 4 is 10.0 Å². The van der Waals surface area contributed by atoms with Crippen LogP contribution in [0.1, 0.15) is 19.3 Å². The summed E-state index contributed by atoms with van der Waals surface area (Å²) in [7, 11) is -0.402. The number of rotatable bonds is 4. The van der Waals surface area contributed by atoms with Gasteiger partial charge in [0.05, 0.1) is 19.1 Å². The predicted molar refractivity (Wildman–Crippen MR) is 72.2 cm³/mol. The second kappa shape index (κ2) is 5.79. The van der Waals surface area contributed by atoms with Crippen LogP contribution in [0.5, 0.6) is 11.5 Å². The number of benzene rings is 1. The number of sulfonamides is 1. The number of piperidine rings is 1. The third kappa shape index (κ3) is 2.84. The molecule has 19 heavy (non-hydrogen) atoms. The lowest BCUT2D eigenvalue weighted by Gasteiger charge is -2.26. The van der Waals surface area contributed by atoms with Crippen LogP contribution < -0.4 is 9.47 Å². The van der Waals surface area contributed by atoms with Gasteiger partial charge in [0, 0.05) is 19.2 Å². The number of ether oxygens (including phenoxy) is 2. The van der Waals surface area contributed by atoms with Crippen molar-refractivity contribution in [1.29, 1.82) is 0 Å².